The molecule has 4 nitrogen and oxygen atoms in total. The summed E-state index contributed by atoms with van der Waals surface area (Å²) in [6.07, 6.45) is 4.18. The van der Waals surface area contributed by atoms with Gasteiger partial charge in [0, 0.05) is 18.1 Å². The molecule has 1 atom stereocenters. The lowest BCUT2D eigenvalue weighted by atomic mass is 9.97. The molecule has 1 amide bonds. The van der Waals surface area contributed by atoms with Crippen molar-refractivity contribution >= 4 is 17.2 Å². The topological polar surface area (TPSA) is 46.4 Å². The number of carbonyl (C=O) groups excluding carboxylic acids is 1. The number of anilines is 1. The third-order valence-electron chi connectivity index (χ3n) is 4.18. The molecule has 0 aliphatic heterocycles. The van der Waals surface area contributed by atoms with Crippen LogP contribution in [0.3, 0.4) is 0 Å². The van der Waals surface area contributed by atoms with E-state index in [-0.39, 0.29) is 18.1 Å². The lowest BCUT2D eigenvalue weighted by Gasteiger charge is -2.15. The van der Waals surface area contributed by atoms with Crippen molar-refractivity contribution < 1.29 is 9.18 Å². The molecule has 0 saturated heterocycles. The fourth-order valence-corrected chi connectivity index (χ4v) is 2.72. The van der Waals surface area contributed by atoms with Gasteiger partial charge in [-0.2, -0.15) is 0 Å². The molecule has 0 radical (unpaired) electrons. The van der Waals surface area contributed by atoms with Crippen LogP contribution in [-0.2, 0) is 11.2 Å². The first-order valence-corrected chi connectivity index (χ1v) is 8.08. The molecule has 1 aromatic carbocycles. The molecule has 0 bridgehead atoms. The molecule has 0 saturated carbocycles. The Balaban J connectivity index is 1.75. The van der Waals surface area contributed by atoms with E-state index < -0.39 is 0 Å². The van der Waals surface area contributed by atoms with E-state index in [1.165, 1.54) is 12.3 Å². The quantitative estimate of drug-likeness (QED) is 0.765. The smallest absolute Gasteiger partial charge is 0.230 e. The molecule has 0 fully saturated rings. The minimum atomic E-state index is -0.335. The van der Waals surface area contributed by atoms with Gasteiger partial charge in [0.2, 0.25) is 5.91 Å². The number of benzene rings is 1. The molecule has 0 spiro atoms. The number of amides is 1. The lowest BCUT2D eigenvalue weighted by Crippen LogP contribution is -2.16. The van der Waals surface area contributed by atoms with Crippen LogP contribution in [-0.4, -0.2) is 15.3 Å². The van der Waals surface area contributed by atoms with Gasteiger partial charge >= 0.3 is 0 Å². The molecule has 1 N–H and O–H groups in total. The number of hydrogen-bond acceptors (Lipinski definition) is 2. The third-order valence-corrected chi connectivity index (χ3v) is 4.18. The number of halogens is 1. The van der Waals surface area contributed by atoms with Crippen LogP contribution < -0.4 is 5.32 Å². The highest BCUT2D eigenvalue weighted by Gasteiger charge is 2.13. The van der Waals surface area contributed by atoms with Crippen molar-refractivity contribution in [2.45, 2.75) is 32.6 Å². The van der Waals surface area contributed by atoms with E-state index >= 15 is 0 Å². The number of aromatic nitrogens is 2. The highest BCUT2D eigenvalue weighted by Crippen LogP contribution is 2.26. The van der Waals surface area contributed by atoms with E-state index in [9.17, 15) is 9.18 Å². The van der Waals surface area contributed by atoms with Crippen molar-refractivity contribution in [3.8, 4) is 0 Å². The number of nitrogens with one attached hydrogen (secondary N) is 1. The van der Waals surface area contributed by atoms with E-state index in [2.05, 4.69) is 24.1 Å². The predicted molar refractivity (Wildman–Crippen MR) is 92.6 cm³/mol. The first-order valence-electron chi connectivity index (χ1n) is 8.08. The predicted octanol–water partition coefficient (Wildman–Crippen LogP) is 4.17. The van der Waals surface area contributed by atoms with E-state index in [0.29, 0.717) is 17.3 Å². The Labute approximate surface area is 140 Å². The standard InChI is InChI=1S/C19H20FN3O/c1-3-13(2)16-6-4-5-7-17(16)22-19(24)10-15-12-23-11-14(20)8-9-18(23)21-15/h4-9,11-13H,3,10H2,1-2H3,(H,22,24). The van der Waals surface area contributed by atoms with Gasteiger partial charge in [-0.1, -0.05) is 32.0 Å². The van der Waals surface area contributed by atoms with E-state index in [0.717, 1.165) is 17.7 Å². The molecular formula is C19H20FN3O. The van der Waals surface area contributed by atoms with Crippen molar-refractivity contribution in [1.29, 1.82) is 0 Å². The van der Waals surface area contributed by atoms with Crippen molar-refractivity contribution in [2.24, 2.45) is 0 Å². The highest BCUT2D eigenvalue weighted by molar-refractivity contribution is 5.92. The number of para-hydroxylation sites is 1. The Morgan fingerprint density at radius 1 is 1.25 bits per heavy atom. The summed E-state index contributed by atoms with van der Waals surface area (Å²) < 4.78 is 14.8. The zero-order valence-corrected chi connectivity index (χ0v) is 13.8. The van der Waals surface area contributed by atoms with E-state index in [1.807, 2.05) is 24.3 Å². The van der Waals surface area contributed by atoms with Gasteiger partial charge in [0.05, 0.1) is 12.1 Å². The van der Waals surface area contributed by atoms with Crippen molar-refractivity contribution in [2.75, 3.05) is 5.32 Å². The second-order valence-electron chi connectivity index (χ2n) is 5.97. The third kappa shape index (κ3) is 3.45. The number of carbonyl (C=O) groups is 1. The van der Waals surface area contributed by atoms with Crippen LogP contribution in [0.5, 0.6) is 0 Å². The summed E-state index contributed by atoms with van der Waals surface area (Å²) in [5.74, 6) is -0.0901. The Morgan fingerprint density at radius 2 is 2.04 bits per heavy atom. The Kier molecular flexibility index (Phi) is 4.60. The minimum Gasteiger partial charge on any atom is -0.325 e. The van der Waals surface area contributed by atoms with Crippen LogP contribution in [0.15, 0.2) is 48.8 Å². The molecule has 124 valence electrons. The van der Waals surface area contributed by atoms with Gasteiger partial charge < -0.3 is 9.72 Å². The molecule has 0 aliphatic rings. The molecule has 5 heteroatoms. The molecule has 2 aromatic heterocycles. The fraction of sp³-hybridized carbons (Fsp3) is 0.263. The van der Waals surface area contributed by atoms with Gasteiger partial charge in [0.25, 0.3) is 0 Å². The van der Waals surface area contributed by atoms with Gasteiger partial charge in [-0.3, -0.25) is 4.79 Å². The minimum absolute atomic E-state index is 0.130. The van der Waals surface area contributed by atoms with Gasteiger partial charge in [-0.25, -0.2) is 9.37 Å². The monoisotopic (exact) mass is 325 g/mol. The van der Waals surface area contributed by atoms with Crippen LogP contribution >= 0.6 is 0 Å². The lowest BCUT2D eigenvalue weighted by molar-refractivity contribution is -0.115. The Hall–Kier alpha value is -2.69. The van der Waals surface area contributed by atoms with Crippen molar-refractivity contribution in [3.63, 3.8) is 0 Å². The number of hydrogen-bond donors (Lipinski definition) is 1. The first kappa shape index (κ1) is 16.2. The molecule has 1 unspecified atom stereocenters. The van der Waals surface area contributed by atoms with Gasteiger partial charge in [0.15, 0.2) is 0 Å². The maximum absolute atomic E-state index is 13.2. The van der Waals surface area contributed by atoms with Crippen LogP contribution in [0.4, 0.5) is 10.1 Å². The second kappa shape index (κ2) is 6.83. The number of pyridine rings is 1. The maximum Gasteiger partial charge on any atom is 0.230 e. The summed E-state index contributed by atoms with van der Waals surface area (Å²) >= 11 is 0. The van der Waals surface area contributed by atoms with Crippen LogP contribution in [0.1, 0.15) is 37.4 Å². The van der Waals surface area contributed by atoms with E-state index in [4.69, 9.17) is 0 Å². The van der Waals surface area contributed by atoms with Gasteiger partial charge in [0.1, 0.15) is 11.5 Å². The van der Waals surface area contributed by atoms with Crippen LogP contribution in [0, 0.1) is 5.82 Å². The molecular weight excluding hydrogens is 305 g/mol. The molecule has 24 heavy (non-hydrogen) atoms. The summed E-state index contributed by atoms with van der Waals surface area (Å²) in [6, 6.07) is 10.8. The first-order chi connectivity index (χ1) is 11.6. The molecule has 3 rings (SSSR count). The largest absolute Gasteiger partial charge is 0.325 e. The summed E-state index contributed by atoms with van der Waals surface area (Å²) in [6.45, 7) is 4.26. The van der Waals surface area contributed by atoms with Gasteiger partial charge in [-0.15, -0.1) is 0 Å². The normalized spacial score (nSPS) is 12.3. The van der Waals surface area contributed by atoms with Crippen molar-refractivity contribution in [3.05, 3.63) is 65.9 Å². The molecule has 0 aliphatic carbocycles. The number of fused-ring (bicyclic) bond motifs is 1. The molecule has 2 heterocycles. The zero-order chi connectivity index (χ0) is 17.1. The number of nitrogens with zero attached hydrogens (tertiary/aromatic N) is 2. The van der Waals surface area contributed by atoms with Crippen LogP contribution in [0.25, 0.3) is 5.65 Å². The maximum atomic E-state index is 13.2. The average Bonchev–Trinajstić information content (AvgIpc) is 2.95. The SMILES string of the molecule is CCC(C)c1ccccc1NC(=O)Cc1cn2cc(F)ccc2n1. The fourth-order valence-electron chi connectivity index (χ4n) is 2.72. The van der Waals surface area contributed by atoms with E-state index in [1.54, 1.807) is 16.7 Å². The molecule has 3 aromatic rings. The summed E-state index contributed by atoms with van der Waals surface area (Å²) in [5, 5.41) is 2.97. The number of imidazole rings is 1. The van der Waals surface area contributed by atoms with Crippen LogP contribution in [0.2, 0.25) is 0 Å². The highest BCUT2D eigenvalue weighted by atomic mass is 19.1. The second-order valence-corrected chi connectivity index (χ2v) is 5.97. The summed E-state index contributed by atoms with van der Waals surface area (Å²) in [4.78, 5) is 16.7. The average molecular weight is 325 g/mol. The zero-order valence-electron chi connectivity index (χ0n) is 13.8. The van der Waals surface area contributed by atoms with Crippen molar-refractivity contribution in [1.82, 2.24) is 9.38 Å². The van der Waals surface area contributed by atoms with Gasteiger partial charge in [-0.05, 0) is 36.1 Å². The summed E-state index contributed by atoms with van der Waals surface area (Å²) in [5.41, 5.74) is 3.20. The summed E-state index contributed by atoms with van der Waals surface area (Å²) in [7, 11) is 0. The number of rotatable bonds is 5. The Bertz CT molecular complexity index is 872. The Morgan fingerprint density at radius 3 is 2.83 bits per heavy atom.